The summed E-state index contributed by atoms with van der Waals surface area (Å²) in [5.74, 6) is -7.93. The van der Waals surface area contributed by atoms with Crippen LogP contribution in [0.15, 0.2) is 48.6 Å². The summed E-state index contributed by atoms with van der Waals surface area (Å²) in [6.45, 7) is 1.38. The molecule has 4 amide bonds. The molecule has 6 nitrogen and oxygen atoms in total. The number of hydrogen-bond acceptors (Lipinski definition) is 4. The molecule has 6 unspecified atom stereocenters. The number of aryl methyl sites for hydroxylation is 1. The Labute approximate surface area is 223 Å². The molecule has 2 aliphatic heterocycles. The lowest BCUT2D eigenvalue weighted by atomic mass is 9.54. The van der Waals surface area contributed by atoms with Crippen molar-refractivity contribution in [2.45, 2.75) is 19.3 Å². The Morgan fingerprint density at radius 1 is 0.625 bits per heavy atom. The summed E-state index contributed by atoms with van der Waals surface area (Å²) in [5, 5.41) is 0. The number of carbonyl (C=O) groups is 4. The topological polar surface area (TPSA) is 74.8 Å². The van der Waals surface area contributed by atoms with Gasteiger partial charge in [-0.15, -0.1) is 0 Å². The van der Waals surface area contributed by atoms with Crippen molar-refractivity contribution >= 4 is 29.3 Å². The van der Waals surface area contributed by atoms with E-state index < -0.39 is 99.4 Å². The minimum Gasteiger partial charge on any atom is -0.285 e. The minimum atomic E-state index is -5.13. The number of imide groups is 2. The van der Waals surface area contributed by atoms with Crippen molar-refractivity contribution in [3.8, 4) is 11.1 Å². The smallest absolute Gasteiger partial charge is 0.285 e. The van der Waals surface area contributed by atoms with E-state index in [0.29, 0.717) is 11.0 Å². The van der Waals surface area contributed by atoms with Crippen molar-refractivity contribution in [1.29, 1.82) is 0 Å². The summed E-state index contributed by atoms with van der Waals surface area (Å²) in [4.78, 5) is 54.3. The number of alkyl halides is 6. The fourth-order valence-corrected chi connectivity index (χ4v) is 6.90. The van der Waals surface area contributed by atoms with Gasteiger partial charge in [-0.25, -0.2) is 0 Å². The van der Waals surface area contributed by atoms with Gasteiger partial charge < -0.3 is 0 Å². The predicted molar refractivity (Wildman–Crippen MR) is 127 cm³/mol. The second-order valence-corrected chi connectivity index (χ2v) is 10.7. The first-order valence-electron chi connectivity index (χ1n) is 12.4. The number of nitrogens with zero attached hydrogens (tertiary/aromatic N) is 2. The Balaban J connectivity index is 1.44. The number of benzene rings is 2. The minimum absolute atomic E-state index is 0.202. The summed E-state index contributed by atoms with van der Waals surface area (Å²) in [6, 6.07) is 5.30. The van der Waals surface area contributed by atoms with Crippen LogP contribution in [0.1, 0.15) is 16.7 Å². The first-order valence-corrected chi connectivity index (χ1v) is 12.4. The maximum absolute atomic E-state index is 14.3. The average molecular weight is 562 g/mol. The van der Waals surface area contributed by atoms with Gasteiger partial charge in [0.05, 0.1) is 40.5 Å². The quantitative estimate of drug-likeness (QED) is 0.298. The summed E-state index contributed by atoms with van der Waals surface area (Å²) in [7, 11) is 1.33. The Bertz CT molecular complexity index is 1490. The highest BCUT2D eigenvalue weighted by atomic mass is 19.4. The molecule has 2 bridgehead atoms. The first kappa shape index (κ1) is 26.3. The number of hydrogen-bond donors (Lipinski definition) is 0. The fraction of sp³-hybridized carbons (Fsp3) is 0.357. The molecule has 7 rings (SSSR count). The van der Waals surface area contributed by atoms with Gasteiger partial charge in [0.2, 0.25) is 23.6 Å². The second kappa shape index (κ2) is 8.28. The summed E-state index contributed by atoms with van der Waals surface area (Å²) in [5.41, 5.74) is -4.39. The van der Waals surface area contributed by atoms with E-state index in [-0.39, 0.29) is 5.56 Å². The largest absolute Gasteiger partial charge is 0.417 e. The van der Waals surface area contributed by atoms with Crippen molar-refractivity contribution in [3.63, 3.8) is 0 Å². The van der Waals surface area contributed by atoms with Gasteiger partial charge in [0.15, 0.2) is 0 Å². The normalized spacial score (nSPS) is 29.5. The van der Waals surface area contributed by atoms with Crippen LogP contribution in [0.25, 0.3) is 11.1 Å². The van der Waals surface area contributed by atoms with Crippen molar-refractivity contribution < 1.29 is 45.5 Å². The lowest BCUT2D eigenvalue weighted by molar-refractivity contribution is -0.139. The molecule has 208 valence electrons. The highest BCUT2D eigenvalue weighted by molar-refractivity contribution is 6.23. The Hall–Kier alpha value is -3.96. The number of carbonyl (C=O) groups excluding carboxylic acids is 4. The maximum Gasteiger partial charge on any atom is 0.417 e. The molecule has 2 aromatic carbocycles. The number of allylic oxidation sites excluding steroid dienone is 2. The highest BCUT2D eigenvalue weighted by Gasteiger charge is 2.68. The van der Waals surface area contributed by atoms with Crippen molar-refractivity contribution in [3.05, 3.63) is 65.2 Å². The van der Waals surface area contributed by atoms with E-state index in [4.69, 9.17) is 0 Å². The molecule has 2 saturated heterocycles. The van der Waals surface area contributed by atoms with E-state index in [2.05, 4.69) is 0 Å². The van der Waals surface area contributed by atoms with E-state index >= 15 is 0 Å². The van der Waals surface area contributed by atoms with Crippen LogP contribution in [0, 0.1) is 42.4 Å². The van der Waals surface area contributed by atoms with E-state index in [9.17, 15) is 45.5 Å². The van der Waals surface area contributed by atoms with Crippen LogP contribution >= 0.6 is 0 Å². The van der Waals surface area contributed by atoms with Gasteiger partial charge in [-0.3, -0.25) is 29.0 Å². The molecule has 40 heavy (non-hydrogen) atoms. The lowest BCUT2D eigenvalue weighted by Gasteiger charge is -2.44. The molecular weight excluding hydrogens is 542 g/mol. The number of likely N-dealkylation sites (tertiary alicyclic amines) is 1. The van der Waals surface area contributed by atoms with E-state index in [1.807, 2.05) is 0 Å². The number of rotatable bonds is 2. The molecule has 0 radical (unpaired) electrons. The molecule has 1 saturated carbocycles. The van der Waals surface area contributed by atoms with E-state index in [1.165, 1.54) is 20.0 Å². The number of anilines is 1. The molecule has 0 spiro atoms. The highest BCUT2D eigenvalue weighted by Crippen LogP contribution is 2.58. The zero-order chi connectivity index (χ0) is 29.0. The van der Waals surface area contributed by atoms with Gasteiger partial charge in [0.25, 0.3) is 0 Å². The van der Waals surface area contributed by atoms with Crippen LogP contribution in [-0.4, -0.2) is 35.6 Å². The van der Waals surface area contributed by atoms with E-state index in [1.54, 1.807) is 12.2 Å². The molecule has 0 aromatic heterocycles. The number of amides is 4. The molecule has 0 N–H and O–H groups in total. The third kappa shape index (κ3) is 3.50. The summed E-state index contributed by atoms with van der Waals surface area (Å²) >= 11 is 0. The SMILES string of the molecule is Cc1ccc(-c2ccc(N3C(=O)C4C5C=CC(C6C(=O)N(C)C(=O)C56)C4C3=O)cc2C(F)(F)F)c(C(F)(F)F)c1. The third-order valence-corrected chi connectivity index (χ3v) is 8.57. The molecule has 6 atom stereocenters. The van der Waals surface area contributed by atoms with Gasteiger partial charge >= 0.3 is 12.4 Å². The molecule has 12 heteroatoms. The van der Waals surface area contributed by atoms with Crippen molar-refractivity contribution in [2.75, 3.05) is 11.9 Å². The maximum atomic E-state index is 14.3. The Morgan fingerprint density at radius 2 is 1.05 bits per heavy atom. The Morgan fingerprint density at radius 3 is 1.52 bits per heavy atom. The molecule has 2 aromatic rings. The molecule has 3 aliphatic carbocycles. The summed E-state index contributed by atoms with van der Waals surface area (Å²) < 4.78 is 84.0. The zero-order valence-electron chi connectivity index (χ0n) is 20.9. The van der Waals surface area contributed by atoms with Crippen LogP contribution in [-0.2, 0) is 31.5 Å². The number of halogens is 6. The van der Waals surface area contributed by atoms with Gasteiger partial charge in [0.1, 0.15) is 0 Å². The van der Waals surface area contributed by atoms with Gasteiger partial charge in [-0.05, 0) is 36.2 Å². The second-order valence-electron chi connectivity index (χ2n) is 10.7. The standard InChI is InChI=1S/C28H20F6N2O4/c1-11-3-5-13(17(9-11)27(29,30)31)14-6-4-12(10-18(14)28(32,33)34)36-25(39)21-15-7-8-16(22(21)26(36)40)20-19(15)23(37)35(2)24(20)38/h3-10,15-16,19-22H,1-2H3. The van der Waals surface area contributed by atoms with Crippen LogP contribution in [0.3, 0.4) is 0 Å². The molecule has 2 heterocycles. The first-order chi connectivity index (χ1) is 18.6. The van der Waals surface area contributed by atoms with E-state index in [0.717, 1.165) is 29.2 Å². The average Bonchev–Trinajstić information content (AvgIpc) is 3.30. The van der Waals surface area contributed by atoms with Gasteiger partial charge in [-0.2, -0.15) is 26.3 Å². The van der Waals surface area contributed by atoms with Crippen LogP contribution in [0.5, 0.6) is 0 Å². The molecule has 5 aliphatic rings. The lowest BCUT2D eigenvalue weighted by Crippen LogP contribution is -2.50. The Kier molecular flexibility index (Phi) is 5.44. The van der Waals surface area contributed by atoms with Crippen molar-refractivity contribution in [2.24, 2.45) is 35.5 Å². The summed E-state index contributed by atoms with van der Waals surface area (Å²) in [6.07, 6.45) is -6.83. The molecular formula is C28H20F6N2O4. The van der Waals surface area contributed by atoms with Gasteiger partial charge in [0, 0.05) is 18.9 Å². The third-order valence-electron chi connectivity index (χ3n) is 8.57. The van der Waals surface area contributed by atoms with Crippen LogP contribution in [0.4, 0.5) is 32.0 Å². The van der Waals surface area contributed by atoms with Gasteiger partial charge in [-0.1, -0.05) is 35.9 Å². The van der Waals surface area contributed by atoms with Crippen LogP contribution < -0.4 is 4.90 Å². The fourth-order valence-electron chi connectivity index (χ4n) is 6.90. The molecule has 3 fully saturated rings. The zero-order valence-corrected chi connectivity index (χ0v) is 20.9. The van der Waals surface area contributed by atoms with Crippen molar-refractivity contribution in [1.82, 2.24) is 4.90 Å². The van der Waals surface area contributed by atoms with Crippen LogP contribution in [0.2, 0.25) is 0 Å². The monoisotopic (exact) mass is 562 g/mol. The predicted octanol–water partition coefficient (Wildman–Crippen LogP) is 4.85.